The monoisotopic (exact) mass is 291 g/mol. The van der Waals surface area contributed by atoms with Gasteiger partial charge in [-0.3, -0.25) is 9.69 Å². The number of carbonyl (C=O) groups excluding carboxylic acids is 1. The van der Waals surface area contributed by atoms with Gasteiger partial charge in [-0.15, -0.1) is 0 Å². The minimum atomic E-state index is -0.108. The number of rotatable bonds is 4. The van der Waals surface area contributed by atoms with Gasteiger partial charge in [0.15, 0.2) is 5.69 Å². The third-order valence-electron chi connectivity index (χ3n) is 5.08. The molecule has 1 saturated carbocycles. The number of amides is 1. The fourth-order valence-corrected chi connectivity index (χ4v) is 3.25. The zero-order valence-electron chi connectivity index (χ0n) is 13.2. The highest BCUT2D eigenvalue weighted by molar-refractivity contribution is 5.92. The molecule has 1 aromatic rings. The quantitative estimate of drug-likeness (QED) is 0.925. The smallest absolute Gasteiger partial charge is 0.273 e. The van der Waals surface area contributed by atoms with Crippen molar-refractivity contribution in [1.82, 2.24) is 15.4 Å². The van der Waals surface area contributed by atoms with Crippen LogP contribution in [-0.4, -0.2) is 41.1 Å². The summed E-state index contributed by atoms with van der Waals surface area (Å²) in [5.74, 6) is 0.748. The van der Waals surface area contributed by atoms with Gasteiger partial charge in [-0.25, -0.2) is 0 Å². The minimum Gasteiger partial charge on any atom is -0.360 e. The molecule has 1 amide bonds. The molecule has 5 heteroatoms. The van der Waals surface area contributed by atoms with E-state index in [0.717, 1.165) is 38.1 Å². The van der Waals surface area contributed by atoms with Crippen LogP contribution in [0, 0.1) is 0 Å². The largest absolute Gasteiger partial charge is 0.360 e. The van der Waals surface area contributed by atoms with E-state index in [1.165, 1.54) is 6.42 Å². The Bertz CT molecular complexity index is 519. The van der Waals surface area contributed by atoms with Crippen molar-refractivity contribution < 1.29 is 9.32 Å². The molecule has 2 heterocycles. The van der Waals surface area contributed by atoms with E-state index < -0.39 is 0 Å². The molecule has 5 nitrogen and oxygen atoms in total. The summed E-state index contributed by atoms with van der Waals surface area (Å²) in [7, 11) is 0. The molecular formula is C16H25N3O2. The second-order valence-electron chi connectivity index (χ2n) is 7.04. The maximum atomic E-state index is 12.3. The van der Waals surface area contributed by atoms with E-state index in [9.17, 15) is 4.79 Å². The lowest BCUT2D eigenvalue weighted by molar-refractivity contribution is 0.0927. The molecule has 3 rings (SSSR count). The molecule has 116 valence electrons. The van der Waals surface area contributed by atoms with Crippen LogP contribution in [0.25, 0.3) is 0 Å². The molecule has 0 aromatic carbocycles. The fraction of sp³-hybridized carbons (Fsp3) is 0.750. The van der Waals surface area contributed by atoms with Crippen molar-refractivity contribution in [2.45, 2.75) is 64.0 Å². The summed E-state index contributed by atoms with van der Waals surface area (Å²) in [6, 6.07) is 2.58. The average molecular weight is 291 g/mol. The van der Waals surface area contributed by atoms with Gasteiger partial charge in [0.25, 0.3) is 5.91 Å². The average Bonchev–Trinajstić information content (AvgIpc) is 3.04. The number of nitrogens with one attached hydrogen (secondary N) is 1. The molecule has 0 spiro atoms. The van der Waals surface area contributed by atoms with Crippen LogP contribution in [-0.2, 0) is 5.41 Å². The molecule has 2 fully saturated rings. The first kappa shape index (κ1) is 14.6. The summed E-state index contributed by atoms with van der Waals surface area (Å²) in [5.41, 5.74) is 0.508. The van der Waals surface area contributed by atoms with Gasteiger partial charge in [-0.1, -0.05) is 18.5 Å². The van der Waals surface area contributed by atoms with Gasteiger partial charge in [-0.2, -0.15) is 0 Å². The third kappa shape index (κ3) is 2.84. The van der Waals surface area contributed by atoms with Crippen molar-refractivity contribution in [2.24, 2.45) is 0 Å². The van der Waals surface area contributed by atoms with Crippen molar-refractivity contribution in [1.29, 1.82) is 0 Å². The van der Waals surface area contributed by atoms with Crippen LogP contribution in [0.5, 0.6) is 0 Å². The second kappa shape index (κ2) is 5.44. The van der Waals surface area contributed by atoms with Gasteiger partial charge in [0, 0.05) is 36.7 Å². The summed E-state index contributed by atoms with van der Waals surface area (Å²) in [5, 5.41) is 7.04. The van der Waals surface area contributed by atoms with Crippen LogP contribution in [0.3, 0.4) is 0 Å². The first-order valence-corrected chi connectivity index (χ1v) is 8.00. The van der Waals surface area contributed by atoms with E-state index in [1.807, 2.05) is 6.07 Å². The van der Waals surface area contributed by atoms with Crippen molar-refractivity contribution in [3.8, 4) is 0 Å². The Morgan fingerprint density at radius 3 is 2.86 bits per heavy atom. The fourth-order valence-electron chi connectivity index (χ4n) is 3.25. The van der Waals surface area contributed by atoms with Crippen molar-refractivity contribution >= 4 is 5.91 Å². The van der Waals surface area contributed by atoms with Crippen LogP contribution < -0.4 is 5.32 Å². The molecule has 2 aliphatic rings. The van der Waals surface area contributed by atoms with Gasteiger partial charge in [0.1, 0.15) is 5.76 Å². The molecule has 0 unspecified atom stereocenters. The Hall–Kier alpha value is -1.36. The Labute approximate surface area is 126 Å². The van der Waals surface area contributed by atoms with Crippen molar-refractivity contribution in [2.75, 3.05) is 13.1 Å². The zero-order chi connectivity index (χ0) is 15.0. The predicted octanol–water partition coefficient (Wildman–Crippen LogP) is 2.33. The zero-order valence-corrected chi connectivity index (χ0v) is 13.2. The lowest BCUT2D eigenvalue weighted by atomic mass is 9.69. The van der Waals surface area contributed by atoms with E-state index in [1.54, 1.807) is 0 Å². The van der Waals surface area contributed by atoms with Crippen LogP contribution in [0.15, 0.2) is 10.6 Å². The summed E-state index contributed by atoms with van der Waals surface area (Å²) in [6.45, 7) is 8.52. The third-order valence-corrected chi connectivity index (χ3v) is 5.08. The summed E-state index contributed by atoms with van der Waals surface area (Å²) >= 11 is 0. The second-order valence-corrected chi connectivity index (χ2v) is 7.04. The van der Waals surface area contributed by atoms with E-state index in [4.69, 9.17) is 4.52 Å². The molecule has 0 radical (unpaired) electrons. The number of hydrogen-bond acceptors (Lipinski definition) is 4. The maximum Gasteiger partial charge on any atom is 0.273 e. The van der Waals surface area contributed by atoms with Crippen LogP contribution in [0.2, 0.25) is 0 Å². The first-order chi connectivity index (χ1) is 9.98. The number of carbonyl (C=O) groups is 1. The molecule has 1 saturated heterocycles. The van der Waals surface area contributed by atoms with Crippen LogP contribution in [0.1, 0.15) is 62.7 Å². The topological polar surface area (TPSA) is 58.4 Å². The van der Waals surface area contributed by atoms with Gasteiger partial charge < -0.3 is 9.84 Å². The summed E-state index contributed by atoms with van der Waals surface area (Å²) in [4.78, 5) is 14.7. The number of hydrogen-bond donors (Lipinski definition) is 1. The van der Waals surface area contributed by atoms with E-state index in [2.05, 4.69) is 36.1 Å². The van der Waals surface area contributed by atoms with E-state index in [0.29, 0.717) is 11.7 Å². The molecule has 1 aliphatic heterocycles. The van der Waals surface area contributed by atoms with Gasteiger partial charge in [0.2, 0.25) is 0 Å². The van der Waals surface area contributed by atoms with E-state index in [-0.39, 0.29) is 17.4 Å². The molecule has 21 heavy (non-hydrogen) atoms. The standard InChI is InChI=1S/C16H25N3O2/c1-11(2)19-8-5-12(10-19)17-15(20)13-9-14(21-18-13)16(3)6-4-7-16/h9,11-12H,4-8,10H2,1-3H3,(H,17,20)/t12-/m0/s1. The van der Waals surface area contributed by atoms with Crippen LogP contribution >= 0.6 is 0 Å². The van der Waals surface area contributed by atoms with Gasteiger partial charge in [0.05, 0.1) is 0 Å². The molecule has 1 atom stereocenters. The van der Waals surface area contributed by atoms with E-state index >= 15 is 0 Å². The Morgan fingerprint density at radius 2 is 2.29 bits per heavy atom. The van der Waals surface area contributed by atoms with Crippen molar-refractivity contribution in [3.63, 3.8) is 0 Å². The summed E-state index contributed by atoms with van der Waals surface area (Å²) in [6.07, 6.45) is 4.47. The molecule has 1 N–H and O–H groups in total. The molecule has 1 aliphatic carbocycles. The Morgan fingerprint density at radius 1 is 1.52 bits per heavy atom. The molecular weight excluding hydrogens is 266 g/mol. The number of nitrogens with zero attached hydrogens (tertiary/aromatic N) is 2. The maximum absolute atomic E-state index is 12.3. The van der Waals surface area contributed by atoms with Gasteiger partial charge >= 0.3 is 0 Å². The SMILES string of the molecule is CC(C)N1CC[C@H](NC(=O)c2cc(C3(C)CCC3)on2)C1. The van der Waals surface area contributed by atoms with Crippen LogP contribution in [0.4, 0.5) is 0 Å². The lowest BCUT2D eigenvalue weighted by Crippen LogP contribution is -2.38. The van der Waals surface area contributed by atoms with Gasteiger partial charge in [-0.05, 0) is 33.1 Å². The highest BCUT2D eigenvalue weighted by Crippen LogP contribution is 2.43. The Balaban J connectivity index is 1.59. The first-order valence-electron chi connectivity index (χ1n) is 8.00. The highest BCUT2D eigenvalue weighted by atomic mass is 16.5. The number of aromatic nitrogens is 1. The number of likely N-dealkylation sites (tertiary alicyclic amines) is 1. The molecule has 0 bridgehead atoms. The predicted molar refractivity (Wildman–Crippen MR) is 80.3 cm³/mol. The summed E-state index contributed by atoms with van der Waals surface area (Å²) < 4.78 is 5.40. The van der Waals surface area contributed by atoms with Crippen molar-refractivity contribution in [3.05, 3.63) is 17.5 Å². The normalized spacial score (nSPS) is 25.0. The molecule has 1 aromatic heterocycles. The lowest BCUT2D eigenvalue weighted by Gasteiger charge is -2.35. The Kier molecular flexibility index (Phi) is 3.78. The minimum absolute atomic E-state index is 0.0906. The highest BCUT2D eigenvalue weighted by Gasteiger charge is 2.38.